The van der Waals surface area contributed by atoms with E-state index in [0.717, 1.165) is 22.3 Å². The van der Waals surface area contributed by atoms with E-state index >= 15 is 0 Å². The summed E-state index contributed by atoms with van der Waals surface area (Å²) in [6, 6.07) is 11.0. The number of aryl methyl sites for hydroxylation is 2. The molecule has 0 unspecified atom stereocenters. The smallest absolute Gasteiger partial charge is 0.261 e. The molecule has 1 N–H and O–H groups in total. The molecule has 2 amide bonds. The molecule has 31 heavy (non-hydrogen) atoms. The summed E-state index contributed by atoms with van der Waals surface area (Å²) < 4.78 is 11.2. The molecule has 0 radical (unpaired) electrons. The van der Waals surface area contributed by atoms with Crippen molar-refractivity contribution in [1.29, 1.82) is 0 Å². The number of rotatable bonds is 10. The van der Waals surface area contributed by atoms with Crippen LogP contribution in [0.15, 0.2) is 36.4 Å². The fourth-order valence-electron chi connectivity index (χ4n) is 3.55. The highest BCUT2D eigenvalue weighted by atomic mass is 16.5. The molecule has 0 bridgehead atoms. The first-order chi connectivity index (χ1) is 14.8. The van der Waals surface area contributed by atoms with E-state index in [9.17, 15) is 9.59 Å². The van der Waals surface area contributed by atoms with Crippen LogP contribution in [-0.2, 0) is 16.1 Å². The SMILES string of the molecule is CCNC(=O)[C@H](CC)N(Cc1cccc(OC)c1)C(=O)COc1cc(C)cc(C)c1C. The second-order valence-electron chi connectivity index (χ2n) is 7.69. The van der Waals surface area contributed by atoms with Crippen molar-refractivity contribution in [3.05, 3.63) is 58.7 Å². The van der Waals surface area contributed by atoms with Gasteiger partial charge in [-0.1, -0.05) is 25.1 Å². The van der Waals surface area contributed by atoms with Gasteiger partial charge >= 0.3 is 0 Å². The summed E-state index contributed by atoms with van der Waals surface area (Å²) in [5.74, 6) is 1.000. The van der Waals surface area contributed by atoms with Gasteiger partial charge in [0.25, 0.3) is 5.91 Å². The van der Waals surface area contributed by atoms with Crippen LogP contribution in [0.25, 0.3) is 0 Å². The number of methoxy groups -OCH3 is 1. The minimum atomic E-state index is -0.581. The first-order valence-corrected chi connectivity index (χ1v) is 10.7. The summed E-state index contributed by atoms with van der Waals surface area (Å²) in [5.41, 5.74) is 4.09. The molecule has 0 saturated carbocycles. The Morgan fingerprint density at radius 2 is 1.84 bits per heavy atom. The maximum Gasteiger partial charge on any atom is 0.261 e. The molecule has 6 heteroatoms. The molecule has 0 heterocycles. The maximum atomic E-state index is 13.3. The molecule has 2 aromatic carbocycles. The topological polar surface area (TPSA) is 67.9 Å². The van der Waals surface area contributed by atoms with Gasteiger partial charge in [0.15, 0.2) is 6.61 Å². The summed E-state index contributed by atoms with van der Waals surface area (Å²) in [6.45, 7) is 10.4. The number of ether oxygens (including phenoxy) is 2. The highest BCUT2D eigenvalue weighted by Crippen LogP contribution is 2.24. The standard InChI is InChI=1S/C25H34N2O4/c1-7-22(25(29)26-8-2)27(15-20-10-9-11-21(14-20)30-6)24(28)16-31-23-13-17(3)12-18(4)19(23)5/h9-14,22H,7-8,15-16H2,1-6H3,(H,26,29)/t22-/m0/s1. The second-order valence-corrected chi connectivity index (χ2v) is 7.69. The lowest BCUT2D eigenvalue weighted by Crippen LogP contribution is -2.50. The molecule has 168 valence electrons. The zero-order valence-corrected chi connectivity index (χ0v) is 19.5. The molecule has 2 rings (SSSR count). The summed E-state index contributed by atoms with van der Waals surface area (Å²) in [4.78, 5) is 27.5. The molecule has 2 aromatic rings. The van der Waals surface area contributed by atoms with Crippen LogP contribution >= 0.6 is 0 Å². The van der Waals surface area contributed by atoms with Gasteiger partial charge in [-0.3, -0.25) is 9.59 Å². The largest absolute Gasteiger partial charge is 0.497 e. The van der Waals surface area contributed by atoms with Gasteiger partial charge < -0.3 is 19.7 Å². The number of hydrogen-bond acceptors (Lipinski definition) is 4. The van der Waals surface area contributed by atoms with Gasteiger partial charge in [0.2, 0.25) is 5.91 Å². The molecule has 1 atom stereocenters. The van der Waals surface area contributed by atoms with E-state index in [1.54, 1.807) is 12.0 Å². The summed E-state index contributed by atoms with van der Waals surface area (Å²) in [6.07, 6.45) is 0.504. The number of hydrogen-bond donors (Lipinski definition) is 1. The lowest BCUT2D eigenvalue weighted by atomic mass is 10.1. The molecule has 0 aliphatic rings. The van der Waals surface area contributed by atoms with E-state index in [1.807, 2.05) is 65.0 Å². The van der Waals surface area contributed by atoms with E-state index in [0.29, 0.717) is 31.0 Å². The molecular weight excluding hydrogens is 392 g/mol. The molecule has 0 aliphatic heterocycles. The molecule has 0 spiro atoms. The molecule has 0 aliphatic carbocycles. The Morgan fingerprint density at radius 3 is 2.48 bits per heavy atom. The average molecular weight is 427 g/mol. The van der Waals surface area contributed by atoms with Crippen LogP contribution in [0.2, 0.25) is 0 Å². The average Bonchev–Trinajstić information content (AvgIpc) is 2.75. The summed E-state index contributed by atoms with van der Waals surface area (Å²) in [5, 5.41) is 2.84. The van der Waals surface area contributed by atoms with Crippen molar-refractivity contribution >= 4 is 11.8 Å². The highest BCUT2D eigenvalue weighted by molar-refractivity contribution is 5.88. The first kappa shape index (κ1) is 24.3. The van der Waals surface area contributed by atoms with E-state index < -0.39 is 6.04 Å². The van der Waals surface area contributed by atoms with Crippen molar-refractivity contribution in [3.63, 3.8) is 0 Å². The van der Waals surface area contributed by atoms with Crippen molar-refractivity contribution in [1.82, 2.24) is 10.2 Å². The monoisotopic (exact) mass is 426 g/mol. The Labute approximate surface area is 185 Å². The van der Waals surface area contributed by atoms with Crippen molar-refractivity contribution in [2.24, 2.45) is 0 Å². The van der Waals surface area contributed by atoms with Gasteiger partial charge in [-0.05, 0) is 74.6 Å². The van der Waals surface area contributed by atoms with Crippen LogP contribution in [0, 0.1) is 20.8 Å². The number of benzene rings is 2. The van der Waals surface area contributed by atoms with E-state index in [2.05, 4.69) is 11.4 Å². The van der Waals surface area contributed by atoms with E-state index in [1.165, 1.54) is 0 Å². The number of nitrogens with one attached hydrogen (secondary N) is 1. The minimum absolute atomic E-state index is 0.135. The van der Waals surface area contributed by atoms with Crippen LogP contribution in [0.1, 0.15) is 42.5 Å². The normalized spacial score (nSPS) is 11.5. The predicted octanol–water partition coefficient (Wildman–Crippen LogP) is 3.94. The van der Waals surface area contributed by atoms with Gasteiger partial charge in [-0.2, -0.15) is 0 Å². The molecule has 0 aromatic heterocycles. The van der Waals surface area contributed by atoms with Crippen LogP contribution in [0.3, 0.4) is 0 Å². The van der Waals surface area contributed by atoms with Crippen LogP contribution in [0.4, 0.5) is 0 Å². The number of likely N-dealkylation sites (N-methyl/N-ethyl adjacent to an activating group) is 1. The second kappa shape index (κ2) is 11.4. The molecule has 0 fully saturated rings. The fourth-order valence-corrected chi connectivity index (χ4v) is 3.55. The minimum Gasteiger partial charge on any atom is -0.497 e. The Hall–Kier alpha value is -3.02. The predicted molar refractivity (Wildman–Crippen MR) is 122 cm³/mol. The van der Waals surface area contributed by atoms with Crippen LogP contribution in [-0.4, -0.2) is 43.0 Å². The van der Waals surface area contributed by atoms with Crippen LogP contribution < -0.4 is 14.8 Å². The highest BCUT2D eigenvalue weighted by Gasteiger charge is 2.28. The molecule has 0 saturated heterocycles. The number of nitrogens with zero attached hydrogens (tertiary/aromatic N) is 1. The zero-order valence-electron chi connectivity index (χ0n) is 19.5. The molecular formula is C25H34N2O4. The van der Waals surface area contributed by atoms with Crippen LogP contribution in [0.5, 0.6) is 11.5 Å². The van der Waals surface area contributed by atoms with Gasteiger partial charge in [0.05, 0.1) is 7.11 Å². The summed E-state index contributed by atoms with van der Waals surface area (Å²) in [7, 11) is 1.60. The first-order valence-electron chi connectivity index (χ1n) is 10.7. The number of carbonyl (C=O) groups is 2. The summed E-state index contributed by atoms with van der Waals surface area (Å²) >= 11 is 0. The third-order valence-corrected chi connectivity index (χ3v) is 5.34. The van der Waals surface area contributed by atoms with E-state index in [4.69, 9.17) is 9.47 Å². The molecule has 6 nitrogen and oxygen atoms in total. The van der Waals surface area contributed by atoms with Crippen molar-refractivity contribution < 1.29 is 19.1 Å². The van der Waals surface area contributed by atoms with Gasteiger partial charge in [0.1, 0.15) is 17.5 Å². The van der Waals surface area contributed by atoms with Crippen molar-refractivity contribution in [2.45, 2.75) is 53.6 Å². The third kappa shape index (κ3) is 6.48. The zero-order chi connectivity index (χ0) is 23.0. The third-order valence-electron chi connectivity index (χ3n) is 5.34. The maximum absolute atomic E-state index is 13.3. The van der Waals surface area contributed by atoms with Gasteiger partial charge in [-0.25, -0.2) is 0 Å². The van der Waals surface area contributed by atoms with E-state index in [-0.39, 0.29) is 18.4 Å². The number of carbonyl (C=O) groups excluding carboxylic acids is 2. The van der Waals surface area contributed by atoms with Gasteiger partial charge in [0, 0.05) is 13.1 Å². The Morgan fingerprint density at radius 1 is 1.10 bits per heavy atom. The lowest BCUT2D eigenvalue weighted by Gasteiger charge is -2.30. The number of amides is 2. The van der Waals surface area contributed by atoms with Crippen molar-refractivity contribution in [3.8, 4) is 11.5 Å². The fraction of sp³-hybridized carbons (Fsp3) is 0.440. The van der Waals surface area contributed by atoms with Gasteiger partial charge in [-0.15, -0.1) is 0 Å². The Balaban J connectivity index is 2.27. The van der Waals surface area contributed by atoms with Crippen molar-refractivity contribution in [2.75, 3.05) is 20.3 Å². The Kier molecular flexibility index (Phi) is 8.91. The lowest BCUT2D eigenvalue weighted by molar-refractivity contribution is -0.142. The Bertz CT molecular complexity index is 910. The quantitative estimate of drug-likeness (QED) is 0.625.